The van der Waals surface area contributed by atoms with Crippen LogP contribution in [0.25, 0.3) is 11.3 Å². The van der Waals surface area contributed by atoms with E-state index in [1.54, 1.807) is 24.8 Å². The zero-order valence-electron chi connectivity index (χ0n) is 26.9. The number of pyridine rings is 1. The van der Waals surface area contributed by atoms with Crippen molar-refractivity contribution >= 4 is 25.5 Å². The Hall–Kier alpha value is -3.51. The van der Waals surface area contributed by atoms with E-state index < -0.39 is 31.5 Å². The van der Waals surface area contributed by atoms with E-state index >= 15 is 0 Å². The van der Waals surface area contributed by atoms with Gasteiger partial charge in [-0.1, -0.05) is 43.7 Å². The Kier molecular flexibility index (Phi) is 13.4. The molecule has 46 heavy (non-hydrogen) atoms. The molecule has 1 aromatic heterocycles. The fourth-order valence-corrected chi connectivity index (χ4v) is 6.91. The van der Waals surface area contributed by atoms with Crippen LogP contribution in [0.15, 0.2) is 42.5 Å². The number of carbonyl (C=O) groups excluding carboxylic acids is 3. The van der Waals surface area contributed by atoms with Gasteiger partial charge in [-0.3, -0.25) is 14.2 Å². The van der Waals surface area contributed by atoms with Crippen molar-refractivity contribution < 1.29 is 42.2 Å². The first-order chi connectivity index (χ1) is 22.2. The first-order valence-corrected chi connectivity index (χ1v) is 17.7. The van der Waals surface area contributed by atoms with Gasteiger partial charge in [0.1, 0.15) is 23.6 Å². The van der Waals surface area contributed by atoms with Gasteiger partial charge in [0, 0.05) is 50.3 Å². The minimum Gasteiger partial charge on any atom is -0.488 e. The Bertz CT molecular complexity index is 1340. The molecule has 14 heteroatoms. The topological polar surface area (TPSA) is 146 Å². The van der Waals surface area contributed by atoms with E-state index in [1.165, 1.54) is 11.0 Å². The molecule has 2 fully saturated rings. The van der Waals surface area contributed by atoms with Crippen LogP contribution in [0.3, 0.4) is 0 Å². The average molecular weight is 661 g/mol. The van der Waals surface area contributed by atoms with Gasteiger partial charge in [-0.25, -0.2) is 9.78 Å². The summed E-state index contributed by atoms with van der Waals surface area (Å²) in [4.78, 5) is 47.8. The summed E-state index contributed by atoms with van der Waals surface area (Å²) in [5.41, 5.74) is 1.32. The van der Waals surface area contributed by atoms with Gasteiger partial charge in [-0.15, -0.1) is 0 Å². The molecule has 13 nitrogen and oxygen atoms in total. The number of hydrogen-bond acceptors (Lipinski definition) is 10. The summed E-state index contributed by atoms with van der Waals surface area (Å²) in [5, 5.41) is 2.76. The van der Waals surface area contributed by atoms with Crippen molar-refractivity contribution in [3.05, 3.63) is 48.2 Å². The van der Waals surface area contributed by atoms with Crippen LogP contribution in [-0.2, 0) is 27.9 Å². The quantitative estimate of drug-likeness (QED) is 0.216. The van der Waals surface area contributed by atoms with Crippen molar-refractivity contribution in [1.82, 2.24) is 20.1 Å². The van der Waals surface area contributed by atoms with Gasteiger partial charge in [0.25, 0.3) is 5.91 Å². The predicted octanol–water partition coefficient (Wildman–Crippen LogP) is 4.36. The summed E-state index contributed by atoms with van der Waals surface area (Å²) in [6.07, 6.45) is 1.44. The highest BCUT2D eigenvalue weighted by Gasteiger charge is 2.37. The minimum absolute atomic E-state index is 0.0235. The molecule has 3 heterocycles. The highest BCUT2D eigenvalue weighted by Crippen LogP contribution is 2.48. The van der Waals surface area contributed by atoms with Gasteiger partial charge in [0.15, 0.2) is 0 Å². The van der Waals surface area contributed by atoms with Gasteiger partial charge < -0.3 is 38.4 Å². The van der Waals surface area contributed by atoms with E-state index in [-0.39, 0.29) is 57.4 Å². The number of carbonyl (C=O) groups is 3. The first kappa shape index (κ1) is 35.3. The number of ether oxygens (including phenoxy) is 3. The number of rotatable bonds is 15. The highest BCUT2D eigenvalue weighted by molar-refractivity contribution is 7.54. The monoisotopic (exact) mass is 660 g/mol. The number of aromatic nitrogens is 1. The molecule has 2 atom stereocenters. The number of nitrogens with zero attached hydrogens (tertiary/aromatic N) is 3. The molecule has 0 bridgehead atoms. The van der Waals surface area contributed by atoms with E-state index in [9.17, 15) is 18.9 Å². The molecule has 2 saturated heterocycles. The highest BCUT2D eigenvalue weighted by atomic mass is 31.2. The fourth-order valence-electron chi connectivity index (χ4n) is 5.15. The van der Waals surface area contributed by atoms with E-state index in [4.69, 9.17) is 23.3 Å². The standard InChI is InChI=1S/C32H45N4O9P/c1-4-7-18-42-32(39)36-16-14-35(15-17-36)31(38)29(23-46(40,43-5-2)44-6-3)34-30(37)28-21-26(45-25-13-19-41-22-25)20-27(33-28)24-11-9-8-10-12-24/h8-12,20-21,25,29H,4-7,13-19,22-23H2,1-3H3,(H,34,37)/t25?,29-/m0/s1. The molecule has 1 unspecified atom stereocenters. The van der Waals surface area contributed by atoms with Crippen LogP contribution >= 0.6 is 7.60 Å². The zero-order valence-corrected chi connectivity index (χ0v) is 27.7. The molecule has 252 valence electrons. The third-order valence-corrected chi connectivity index (χ3v) is 9.64. The molecule has 1 aromatic carbocycles. The Morgan fingerprint density at radius 3 is 2.35 bits per heavy atom. The number of hydrogen-bond donors (Lipinski definition) is 1. The average Bonchev–Trinajstić information content (AvgIpc) is 3.57. The second-order valence-electron chi connectivity index (χ2n) is 11.0. The summed E-state index contributed by atoms with van der Waals surface area (Å²) >= 11 is 0. The lowest BCUT2D eigenvalue weighted by Crippen LogP contribution is -2.57. The SMILES string of the molecule is CCCCOC(=O)N1CCN(C(=O)[C@H](CP(=O)(OCC)OCC)NC(=O)c2cc(OC3CCOC3)cc(-c3ccccc3)n2)CC1. The lowest BCUT2D eigenvalue weighted by atomic mass is 10.1. The first-order valence-electron chi connectivity index (χ1n) is 16.0. The number of nitrogens with one attached hydrogen (secondary N) is 1. The van der Waals surface area contributed by atoms with Crippen LogP contribution in [0, 0.1) is 0 Å². The normalized spacial score (nSPS) is 17.4. The largest absolute Gasteiger partial charge is 0.488 e. The summed E-state index contributed by atoms with van der Waals surface area (Å²) in [6.45, 7) is 7.87. The van der Waals surface area contributed by atoms with Crippen molar-refractivity contribution in [2.75, 3.05) is 65.4 Å². The zero-order chi connectivity index (χ0) is 32.9. The van der Waals surface area contributed by atoms with Gasteiger partial charge in [-0.05, 0) is 20.3 Å². The number of unbranched alkanes of at least 4 members (excludes halogenated alkanes) is 1. The fraction of sp³-hybridized carbons (Fsp3) is 0.562. The molecule has 3 amide bonds. The predicted molar refractivity (Wildman–Crippen MR) is 171 cm³/mol. The number of piperazine rings is 1. The van der Waals surface area contributed by atoms with Crippen molar-refractivity contribution in [3.63, 3.8) is 0 Å². The van der Waals surface area contributed by atoms with Gasteiger partial charge in [0.05, 0.1) is 44.9 Å². The second kappa shape index (κ2) is 17.4. The van der Waals surface area contributed by atoms with Gasteiger partial charge >= 0.3 is 13.7 Å². The smallest absolute Gasteiger partial charge is 0.409 e. The van der Waals surface area contributed by atoms with Gasteiger partial charge in [-0.2, -0.15) is 0 Å². The third-order valence-electron chi connectivity index (χ3n) is 7.53. The Balaban J connectivity index is 1.56. The molecule has 2 aliphatic heterocycles. The summed E-state index contributed by atoms with van der Waals surface area (Å²) in [7, 11) is -3.76. The van der Waals surface area contributed by atoms with Crippen LogP contribution in [0.2, 0.25) is 0 Å². The maximum atomic E-state index is 13.9. The molecule has 0 aliphatic carbocycles. The van der Waals surface area contributed by atoms with Gasteiger partial charge in [0.2, 0.25) is 5.91 Å². The molecule has 0 saturated carbocycles. The molecule has 2 aliphatic rings. The Morgan fingerprint density at radius 1 is 1.02 bits per heavy atom. The van der Waals surface area contributed by atoms with Crippen molar-refractivity contribution in [3.8, 4) is 17.0 Å². The maximum Gasteiger partial charge on any atom is 0.409 e. The third kappa shape index (κ3) is 9.99. The number of amides is 3. The molecular formula is C32H45N4O9P. The van der Waals surface area contributed by atoms with Crippen LogP contribution in [0.5, 0.6) is 5.75 Å². The summed E-state index contributed by atoms with van der Waals surface area (Å²) < 4.78 is 41.5. The molecule has 0 radical (unpaired) electrons. The van der Waals surface area contributed by atoms with Crippen LogP contribution in [-0.4, -0.2) is 110 Å². The van der Waals surface area contributed by atoms with E-state index in [0.717, 1.165) is 24.8 Å². The molecule has 1 N–H and O–H groups in total. The molecule has 4 rings (SSSR count). The number of benzene rings is 1. The lowest BCUT2D eigenvalue weighted by molar-refractivity contribution is -0.134. The lowest BCUT2D eigenvalue weighted by Gasteiger charge is -2.36. The Labute approximate surface area is 270 Å². The summed E-state index contributed by atoms with van der Waals surface area (Å²) in [5.74, 6) is -0.680. The molecule has 0 spiro atoms. The van der Waals surface area contributed by atoms with Crippen molar-refractivity contribution in [2.45, 2.75) is 52.2 Å². The summed E-state index contributed by atoms with van der Waals surface area (Å²) in [6, 6.07) is 11.4. The van der Waals surface area contributed by atoms with Crippen molar-refractivity contribution in [2.24, 2.45) is 0 Å². The van der Waals surface area contributed by atoms with Crippen molar-refractivity contribution in [1.29, 1.82) is 0 Å². The second-order valence-corrected chi connectivity index (χ2v) is 13.1. The van der Waals surface area contributed by atoms with E-state index in [1.807, 2.05) is 37.3 Å². The minimum atomic E-state index is -3.76. The molecule has 2 aromatic rings. The maximum absolute atomic E-state index is 13.9. The van der Waals surface area contributed by atoms with E-state index in [0.29, 0.717) is 31.3 Å². The van der Waals surface area contributed by atoms with Crippen LogP contribution in [0.1, 0.15) is 50.5 Å². The molecular weight excluding hydrogens is 615 g/mol. The van der Waals surface area contributed by atoms with Crippen LogP contribution in [0.4, 0.5) is 4.79 Å². The van der Waals surface area contributed by atoms with Crippen LogP contribution < -0.4 is 10.1 Å². The Morgan fingerprint density at radius 2 is 1.72 bits per heavy atom. The van der Waals surface area contributed by atoms with E-state index in [2.05, 4.69) is 10.3 Å².